The lowest BCUT2D eigenvalue weighted by molar-refractivity contribution is 0.0996. The standard InChI is InChI=1S/C12H16N2O2/c1-14(2)10-5-3-4-9(12(13)15)11(10)16-8-6-7-8/h3-5,8H,6-7H2,1-2H3,(H2,13,15). The minimum Gasteiger partial charge on any atom is -0.487 e. The highest BCUT2D eigenvalue weighted by atomic mass is 16.5. The van der Waals surface area contributed by atoms with Gasteiger partial charge in [-0.2, -0.15) is 0 Å². The van der Waals surface area contributed by atoms with E-state index in [1.165, 1.54) is 0 Å². The highest BCUT2D eigenvalue weighted by Crippen LogP contribution is 2.36. The van der Waals surface area contributed by atoms with Crippen LogP contribution in [0.1, 0.15) is 23.2 Å². The molecule has 2 rings (SSSR count). The lowest BCUT2D eigenvalue weighted by Crippen LogP contribution is -2.17. The summed E-state index contributed by atoms with van der Waals surface area (Å²) in [5, 5.41) is 0. The molecule has 1 fully saturated rings. The number of nitrogens with zero attached hydrogens (tertiary/aromatic N) is 1. The van der Waals surface area contributed by atoms with Crippen molar-refractivity contribution in [3.8, 4) is 5.75 Å². The van der Waals surface area contributed by atoms with Crippen molar-refractivity contribution in [1.82, 2.24) is 0 Å². The van der Waals surface area contributed by atoms with Gasteiger partial charge in [0.2, 0.25) is 0 Å². The van der Waals surface area contributed by atoms with Crippen LogP contribution < -0.4 is 15.4 Å². The summed E-state index contributed by atoms with van der Waals surface area (Å²) in [6.45, 7) is 0. The van der Waals surface area contributed by atoms with Crippen molar-refractivity contribution >= 4 is 11.6 Å². The number of ether oxygens (including phenoxy) is 1. The number of rotatable bonds is 4. The Labute approximate surface area is 95.0 Å². The van der Waals surface area contributed by atoms with E-state index in [0.717, 1.165) is 18.5 Å². The molecule has 0 aliphatic heterocycles. The van der Waals surface area contributed by atoms with Gasteiger partial charge in [-0.15, -0.1) is 0 Å². The van der Waals surface area contributed by atoms with Gasteiger partial charge in [0.25, 0.3) is 5.91 Å². The average molecular weight is 220 g/mol. The van der Waals surface area contributed by atoms with Crippen LogP contribution in [0, 0.1) is 0 Å². The molecule has 0 saturated heterocycles. The maximum atomic E-state index is 11.3. The molecule has 0 aromatic heterocycles. The topological polar surface area (TPSA) is 55.6 Å². The van der Waals surface area contributed by atoms with Crippen LogP contribution in [0.2, 0.25) is 0 Å². The van der Waals surface area contributed by atoms with Crippen LogP contribution in [-0.4, -0.2) is 26.1 Å². The second kappa shape index (κ2) is 4.04. The van der Waals surface area contributed by atoms with Crippen LogP contribution in [0.25, 0.3) is 0 Å². The molecule has 1 aromatic rings. The van der Waals surface area contributed by atoms with E-state index in [1.54, 1.807) is 6.07 Å². The number of anilines is 1. The van der Waals surface area contributed by atoms with Gasteiger partial charge >= 0.3 is 0 Å². The first-order valence-electron chi connectivity index (χ1n) is 5.36. The first-order valence-corrected chi connectivity index (χ1v) is 5.36. The Morgan fingerprint density at radius 1 is 1.44 bits per heavy atom. The van der Waals surface area contributed by atoms with Gasteiger partial charge in [0, 0.05) is 14.1 Å². The van der Waals surface area contributed by atoms with Gasteiger partial charge in [-0.1, -0.05) is 6.07 Å². The Balaban J connectivity index is 2.42. The second-order valence-corrected chi connectivity index (χ2v) is 4.23. The third kappa shape index (κ3) is 2.10. The van der Waals surface area contributed by atoms with Crippen LogP contribution in [0.3, 0.4) is 0 Å². The number of primary amides is 1. The molecule has 0 radical (unpaired) electrons. The first-order chi connectivity index (χ1) is 7.59. The van der Waals surface area contributed by atoms with Gasteiger partial charge in [0.05, 0.1) is 17.4 Å². The predicted molar refractivity (Wildman–Crippen MR) is 62.9 cm³/mol. The number of hydrogen-bond acceptors (Lipinski definition) is 3. The van der Waals surface area contributed by atoms with E-state index in [4.69, 9.17) is 10.5 Å². The summed E-state index contributed by atoms with van der Waals surface area (Å²) in [7, 11) is 3.83. The van der Waals surface area contributed by atoms with Gasteiger partial charge in [0.1, 0.15) is 0 Å². The number of benzene rings is 1. The zero-order chi connectivity index (χ0) is 11.7. The summed E-state index contributed by atoms with van der Waals surface area (Å²) in [6.07, 6.45) is 2.36. The smallest absolute Gasteiger partial charge is 0.252 e. The van der Waals surface area contributed by atoms with Crippen molar-refractivity contribution in [2.45, 2.75) is 18.9 Å². The molecule has 1 amide bonds. The summed E-state index contributed by atoms with van der Waals surface area (Å²) < 4.78 is 5.77. The Morgan fingerprint density at radius 2 is 2.12 bits per heavy atom. The summed E-state index contributed by atoms with van der Waals surface area (Å²) in [6, 6.07) is 5.44. The summed E-state index contributed by atoms with van der Waals surface area (Å²) >= 11 is 0. The molecular weight excluding hydrogens is 204 g/mol. The van der Waals surface area contributed by atoms with Crippen LogP contribution >= 0.6 is 0 Å². The molecule has 0 unspecified atom stereocenters. The summed E-state index contributed by atoms with van der Waals surface area (Å²) in [5.41, 5.74) is 6.69. The van der Waals surface area contributed by atoms with Crippen LogP contribution in [0.15, 0.2) is 18.2 Å². The van der Waals surface area contributed by atoms with E-state index in [1.807, 2.05) is 31.1 Å². The molecular formula is C12H16N2O2. The largest absolute Gasteiger partial charge is 0.487 e. The van der Waals surface area contributed by atoms with Crippen LogP contribution in [0.4, 0.5) is 5.69 Å². The van der Waals surface area contributed by atoms with E-state index in [9.17, 15) is 4.79 Å². The second-order valence-electron chi connectivity index (χ2n) is 4.23. The van der Waals surface area contributed by atoms with E-state index >= 15 is 0 Å². The Kier molecular flexibility index (Phi) is 2.73. The molecule has 0 bridgehead atoms. The van der Waals surface area contributed by atoms with Gasteiger partial charge in [-0.25, -0.2) is 0 Å². The highest BCUT2D eigenvalue weighted by Gasteiger charge is 2.27. The molecule has 1 aliphatic rings. The molecule has 2 N–H and O–H groups in total. The molecule has 0 spiro atoms. The average Bonchev–Trinajstić information content (AvgIpc) is 3.01. The van der Waals surface area contributed by atoms with Crippen molar-refractivity contribution < 1.29 is 9.53 Å². The van der Waals surface area contributed by atoms with Crippen molar-refractivity contribution in [1.29, 1.82) is 0 Å². The van der Waals surface area contributed by atoms with Crippen LogP contribution in [0.5, 0.6) is 5.75 Å². The van der Waals surface area contributed by atoms with Gasteiger partial charge in [-0.3, -0.25) is 4.79 Å². The maximum Gasteiger partial charge on any atom is 0.252 e. The molecule has 0 atom stereocenters. The molecule has 1 saturated carbocycles. The molecule has 1 aromatic carbocycles. The predicted octanol–water partition coefficient (Wildman–Crippen LogP) is 1.39. The fourth-order valence-electron chi connectivity index (χ4n) is 1.55. The molecule has 86 valence electrons. The minimum absolute atomic E-state index is 0.249. The Bertz CT molecular complexity index is 411. The monoisotopic (exact) mass is 220 g/mol. The Hall–Kier alpha value is -1.71. The SMILES string of the molecule is CN(C)c1cccc(C(N)=O)c1OC1CC1. The number of hydrogen-bond donors (Lipinski definition) is 1. The normalized spacial score (nSPS) is 14.6. The van der Waals surface area contributed by atoms with Crippen molar-refractivity contribution in [3.05, 3.63) is 23.8 Å². The Morgan fingerprint density at radius 3 is 2.62 bits per heavy atom. The molecule has 16 heavy (non-hydrogen) atoms. The molecule has 4 nitrogen and oxygen atoms in total. The first kappa shape index (κ1) is 10.8. The number of amides is 1. The zero-order valence-electron chi connectivity index (χ0n) is 9.56. The third-order valence-corrected chi connectivity index (χ3v) is 2.55. The summed E-state index contributed by atoms with van der Waals surface area (Å²) in [4.78, 5) is 13.2. The van der Waals surface area contributed by atoms with E-state index in [2.05, 4.69) is 0 Å². The zero-order valence-corrected chi connectivity index (χ0v) is 9.56. The minimum atomic E-state index is -0.445. The van der Waals surface area contributed by atoms with E-state index < -0.39 is 5.91 Å². The lowest BCUT2D eigenvalue weighted by atomic mass is 10.1. The van der Waals surface area contributed by atoms with Gasteiger partial charge in [-0.05, 0) is 25.0 Å². The fourth-order valence-corrected chi connectivity index (χ4v) is 1.55. The lowest BCUT2D eigenvalue weighted by Gasteiger charge is -2.19. The van der Waals surface area contributed by atoms with Gasteiger partial charge < -0.3 is 15.4 Å². The fraction of sp³-hybridized carbons (Fsp3) is 0.417. The van der Waals surface area contributed by atoms with E-state index in [0.29, 0.717) is 11.3 Å². The van der Waals surface area contributed by atoms with Crippen molar-refractivity contribution in [2.75, 3.05) is 19.0 Å². The van der Waals surface area contributed by atoms with Crippen LogP contribution in [-0.2, 0) is 0 Å². The maximum absolute atomic E-state index is 11.3. The number of para-hydroxylation sites is 1. The number of carbonyl (C=O) groups is 1. The van der Waals surface area contributed by atoms with Crippen molar-refractivity contribution in [2.24, 2.45) is 5.73 Å². The van der Waals surface area contributed by atoms with Gasteiger partial charge in [0.15, 0.2) is 5.75 Å². The molecule has 0 heterocycles. The number of carbonyl (C=O) groups excluding carboxylic acids is 1. The molecule has 1 aliphatic carbocycles. The van der Waals surface area contributed by atoms with E-state index in [-0.39, 0.29) is 6.10 Å². The quantitative estimate of drug-likeness (QED) is 0.834. The van der Waals surface area contributed by atoms with Crippen molar-refractivity contribution in [3.63, 3.8) is 0 Å². The third-order valence-electron chi connectivity index (χ3n) is 2.55. The number of nitrogens with two attached hydrogens (primary N) is 1. The molecule has 4 heteroatoms. The summed E-state index contributed by atoms with van der Waals surface area (Å²) in [5.74, 6) is 0.168. The highest BCUT2D eigenvalue weighted by molar-refractivity contribution is 5.97.